The summed E-state index contributed by atoms with van der Waals surface area (Å²) < 4.78 is 2.21. The van der Waals surface area contributed by atoms with Crippen molar-refractivity contribution < 1.29 is 0 Å². The van der Waals surface area contributed by atoms with Crippen molar-refractivity contribution in [1.82, 2.24) is 14.9 Å². The van der Waals surface area contributed by atoms with E-state index in [1.165, 1.54) is 0 Å². The predicted octanol–water partition coefficient (Wildman–Crippen LogP) is 2.90. The molecule has 4 nitrogen and oxygen atoms in total. The van der Waals surface area contributed by atoms with E-state index in [1.54, 1.807) is 0 Å². The number of nitriles is 1. The minimum atomic E-state index is -0.431. The normalized spacial score (nSPS) is 14.3. The monoisotopic (exact) mass is 262 g/mol. The first-order chi connectivity index (χ1) is 9.00. The molecule has 0 aliphatic rings. The largest absolute Gasteiger partial charge is 0.335 e. The van der Waals surface area contributed by atoms with E-state index in [-0.39, 0.29) is 0 Å². The first-order valence-electron chi connectivity index (χ1n) is 7.19. The molecule has 106 valence electrons. The summed E-state index contributed by atoms with van der Waals surface area (Å²) in [4.78, 5) is 4.37. The number of hydrogen-bond acceptors (Lipinski definition) is 3. The average molecular weight is 262 g/mol. The van der Waals surface area contributed by atoms with E-state index in [2.05, 4.69) is 41.7 Å². The molecule has 0 fully saturated rings. The molecule has 0 aliphatic heterocycles. The zero-order valence-electron chi connectivity index (χ0n) is 12.6. The molecule has 1 rings (SSSR count). The lowest BCUT2D eigenvalue weighted by atomic mass is 9.96. The fourth-order valence-electron chi connectivity index (χ4n) is 2.40. The maximum absolute atomic E-state index is 9.30. The first kappa shape index (κ1) is 15.7. The van der Waals surface area contributed by atoms with Crippen molar-refractivity contribution in [2.75, 3.05) is 0 Å². The summed E-state index contributed by atoms with van der Waals surface area (Å²) >= 11 is 0. The van der Waals surface area contributed by atoms with E-state index < -0.39 is 5.54 Å². The van der Waals surface area contributed by atoms with E-state index in [4.69, 9.17) is 0 Å². The Morgan fingerprint density at radius 1 is 1.53 bits per heavy atom. The Labute approximate surface area is 116 Å². The summed E-state index contributed by atoms with van der Waals surface area (Å²) in [5.74, 6) is 1.15. The molecular formula is C15H26N4. The van der Waals surface area contributed by atoms with Crippen LogP contribution in [0.4, 0.5) is 0 Å². The van der Waals surface area contributed by atoms with Gasteiger partial charge in [-0.3, -0.25) is 5.32 Å². The van der Waals surface area contributed by atoms with Gasteiger partial charge in [0.2, 0.25) is 0 Å². The van der Waals surface area contributed by atoms with Crippen LogP contribution in [0.1, 0.15) is 52.8 Å². The molecule has 0 aliphatic carbocycles. The van der Waals surface area contributed by atoms with Crippen molar-refractivity contribution in [2.45, 2.75) is 71.5 Å². The van der Waals surface area contributed by atoms with Crippen LogP contribution in [0.15, 0.2) is 12.4 Å². The number of hydrogen-bond donors (Lipinski definition) is 1. The van der Waals surface area contributed by atoms with Gasteiger partial charge in [-0.15, -0.1) is 0 Å². The summed E-state index contributed by atoms with van der Waals surface area (Å²) in [6.07, 6.45) is 7.86. The van der Waals surface area contributed by atoms with Crippen LogP contribution in [-0.4, -0.2) is 21.1 Å². The molecule has 0 saturated heterocycles. The highest BCUT2D eigenvalue weighted by atomic mass is 15.1. The van der Waals surface area contributed by atoms with Crippen LogP contribution in [0.2, 0.25) is 0 Å². The Morgan fingerprint density at radius 3 is 2.84 bits per heavy atom. The van der Waals surface area contributed by atoms with Crippen LogP contribution in [0, 0.1) is 11.3 Å². The summed E-state index contributed by atoms with van der Waals surface area (Å²) in [7, 11) is 0. The number of nitrogens with zero attached hydrogens (tertiary/aromatic N) is 3. The molecule has 0 spiro atoms. The smallest absolute Gasteiger partial charge is 0.108 e. The van der Waals surface area contributed by atoms with Crippen LogP contribution >= 0.6 is 0 Å². The second-order valence-electron chi connectivity index (χ2n) is 5.63. The second kappa shape index (κ2) is 7.30. The molecule has 0 saturated carbocycles. The van der Waals surface area contributed by atoms with Crippen LogP contribution in [0.5, 0.6) is 0 Å². The van der Waals surface area contributed by atoms with Gasteiger partial charge in [-0.25, -0.2) is 4.98 Å². The summed E-state index contributed by atoms with van der Waals surface area (Å²) in [5.41, 5.74) is -0.431. The van der Waals surface area contributed by atoms with Crippen molar-refractivity contribution in [3.8, 4) is 6.07 Å². The third-order valence-electron chi connectivity index (χ3n) is 3.21. The highest BCUT2D eigenvalue weighted by Crippen LogP contribution is 2.14. The van der Waals surface area contributed by atoms with Gasteiger partial charge < -0.3 is 4.57 Å². The van der Waals surface area contributed by atoms with Crippen LogP contribution in [0.25, 0.3) is 0 Å². The quantitative estimate of drug-likeness (QED) is 0.783. The predicted molar refractivity (Wildman–Crippen MR) is 77.7 cm³/mol. The van der Waals surface area contributed by atoms with Gasteiger partial charge in [0, 0.05) is 31.4 Å². The molecular weight excluding hydrogens is 236 g/mol. The molecule has 19 heavy (non-hydrogen) atoms. The average Bonchev–Trinajstić information content (AvgIpc) is 2.76. The standard InChI is InChI=1S/C15H26N4/c1-5-7-14-17-9-11-19(14)10-6-8-15(4,12-16)18-13(2)3/h9,11,13,18H,5-8,10H2,1-4H3. The second-order valence-corrected chi connectivity index (χ2v) is 5.63. The van der Waals surface area contributed by atoms with Crippen molar-refractivity contribution >= 4 is 0 Å². The Hall–Kier alpha value is -1.34. The van der Waals surface area contributed by atoms with Crippen LogP contribution < -0.4 is 5.32 Å². The van der Waals surface area contributed by atoms with Crippen molar-refractivity contribution in [1.29, 1.82) is 5.26 Å². The van der Waals surface area contributed by atoms with Gasteiger partial charge in [0.1, 0.15) is 11.4 Å². The van der Waals surface area contributed by atoms with Gasteiger partial charge in [0.15, 0.2) is 0 Å². The summed E-state index contributed by atoms with van der Waals surface area (Å²) in [6, 6.07) is 2.72. The fraction of sp³-hybridized carbons (Fsp3) is 0.733. The zero-order valence-corrected chi connectivity index (χ0v) is 12.6. The molecule has 0 aromatic carbocycles. The Kier molecular flexibility index (Phi) is 6.04. The number of nitrogens with one attached hydrogen (secondary N) is 1. The Bertz CT molecular complexity index is 416. The molecule has 0 amide bonds. The van der Waals surface area contributed by atoms with Crippen LogP contribution in [-0.2, 0) is 13.0 Å². The highest BCUT2D eigenvalue weighted by molar-refractivity contribution is 5.04. The topological polar surface area (TPSA) is 53.6 Å². The maximum atomic E-state index is 9.30. The molecule has 1 aromatic rings. The molecule has 1 atom stereocenters. The van der Waals surface area contributed by atoms with E-state index in [1.807, 2.05) is 19.3 Å². The van der Waals surface area contributed by atoms with Gasteiger partial charge in [-0.1, -0.05) is 6.92 Å². The summed E-state index contributed by atoms with van der Waals surface area (Å²) in [5, 5.41) is 12.6. The van der Waals surface area contributed by atoms with E-state index in [0.717, 1.165) is 38.1 Å². The molecule has 0 radical (unpaired) electrons. The minimum absolute atomic E-state index is 0.327. The van der Waals surface area contributed by atoms with Gasteiger partial charge in [-0.05, 0) is 40.0 Å². The molecule has 1 N–H and O–H groups in total. The van der Waals surface area contributed by atoms with Gasteiger partial charge in [0.05, 0.1) is 6.07 Å². The lowest BCUT2D eigenvalue weighted by molar-refractivity contribution is 0.363. The number of rotatable bonds is 8. The van der Waals surface area contributed by atoms with Crippen molar-refractivity contribution in [3.05, 3.63) is 18.2 Å². The Balaban J connectivity index is 2.48. The molecule has 1 heterocycles. The fourth-order valence-corrected chi connectivity index (χ4v) is 2.40. The highest BCUT2D eigenvalue weighted by Gasteiger charge is 2.23. The van der Waals surface area contributed by atoms with Gasteiger partial charge in [0.25, 0.3) is 0 Å². The van der Waals surface area contributed by atoms with Crippen molar-refractivity contribution in [3.63, 3.8) is 0 Å². The lowest BCUT2D eigenvalue weighted by Crippen LogP contribution is -2.45. The van der Waals surface area contributed by atoms with E-state index in [0.29, 0.717) is 6.04 Å². The molecule has 1 aromatic heterocycles. The zero-order chi connectivity index (χ0) is 14.3. The Morgan fingerprint density at radius 2 is 2.26 bits per heavy atom. The third-order valence-corrected chi connectivity index (χ3v) is 3.21. The number of aryl methyl sites for hydroxylation is 2. The van der Waals surface area contributed by atoms with Crippen LogP contribution in [0.3, 0.4) is 0 Å². The molecule has 1 unspecified atom stereocenters. The van der Waals surface area contributed by atoms with Crippen molar-refractivity contribution in [2.24, 2.45) is 0 Å². The minimum Gasteiger partial charge on any atom is -0.335 e. The first-order valence-corrected chi connectivity index (χ1v) is 7.19. The third kappa shape index (κ3) is 5.04. The maximum Gasteiger partial charge on any atom is 0.108 e. The van der Waals surface area contributed by atoms with Gasteiger partial charge >= 0.3 is 0 Å². The van der Waals surface area contributed by atoms with Gasteiger partial charge in [-0.2, -0.15) is 5.26 Å². The molecule has 0 bridgehead atoms. The SMILES string of the molecule is CCCc1nccn1CCCC(C)(C#N)NC(C)C. The van der Waals surface area contributed by atoms with E-state index >= 15 is 0 Å². The molecule has 4 heteroatoms. The number of aromatic nitrogens is 2. The summed E-state index contributed by atoms with van der Waals surface area (Å²) in [6.45, 7) is 9.23. The lowest BCUT2D eigenvalue weighted by Gasteiger charge is -2.26. The number of imidazole rings is 1. The van der Waals surface area contributed by atoms with E-state index in [9.17, 15) is 5.26 Å².